The largest absolute Gasteiger partial charge is 0.368 e. The number of amides is 2. The topological polar surface area (TPSA) is 71.5 Å². The predicted molar refractivity (Wildman–Crippen MR) is 111 cm³/mol. The lowest BCUT2D eigenvalue weighted by atomic mass is 10.0. The number of carbonyl (C=O) groups excluding carboxylic acids is 2. The number of para-hydroxylation sites is 1. The number of ether oxygens (including phenoxy) is 1. The van der Waals surface area contributed by atoms with Gasteiger partial charge in [-0.1, -0.05) is 30.3 Å². The fourth-order valence-corrected chi connectivity index (χ4v) is 3.63. The van der Waals surface area contributed by atoms with Crippen LogP contribution < -0.4 is 5.32 Å². The summed E-state index contributed by atoms with van der Waals surface area (Å²) < 4.78 is 19.0. The fourth-order valence-electron chi connectivity index (χ4n) is 3.63. The Bertz CT molecular complexity index is 1080. The van der Waals surface area contributed by atoms with Gasteiger partial charge in [-0.25, -0.2) is 9.37 Å². The molecule has 1 fully saturated rings. The van der Waals surface area contributed by atoms with Gasteiger partial charge in [0.25, 0.3) is 5.91 Å². The first-order valence-corrected chi connectivity index (χ1v) is 9.80. The normalized spacial score (nSPS) is 16.5. The standard InChI is InChI=1S/C23H22FN3O3/c1-25-23(29)18-13-20(26-19-5-3-2-4-17(18)19)21-14-27(10-11-30-21)22(28)12-15-6-8-16(24)9-7-15/h2-9,13,21H,10-12,14H2,1H3,(H,25,29)/t21-/m1/s1. The Morgan fingerprint density at radius 3 is 2.73 bits per heavy atom. The smallest absolute Gasteiger partial charge is 0.251 e. The van der Waals surface area contributed by atoms with Crippen molar-refractivity contribution in [1.82, 2.24) is 15.2 Å². The Kier molecular flexibility index (Phi) is 5.72. The number of nitrogens with one attached hydrogen (secondary N) is 1. The highest BCUT2D eigenvalue weighted by molar-refractivity contribution is 6.06. The Hall–Kier alpha value is -3.32. The van der Waals surface area contributed by atoms with Gasteiger partial charge in [0.1, 0.15) is 11.9 Å². The molecule has 154 valence electrons. The number of nitrogens with zero attached hydrogens (tertiary/aromatic N) is 2. The molecule has 6 nitrogen and oxygen atoms in total. The van der Waals surface area contributed by atoms with Gasteiger partial charge in [0.05, 0.1) is 36.3 Å². The quantitative estimate of drug-likeness (QED) is 0.722. The summed E-state index contributed by atoms with van der Waals surface area (Å²) in [6, 6.07) is 15.1. The highest BCUT2D eigenvalue weighted by Gasteiger charge is 2.27. The van der Waals surface area contributed by atoms with Crippen molar-refractivity contribution in [3.05, 3.63) is 77.2 Å². The summed E-state index contributed by atoms with van der Waals surface area (Å²) in [6.45, 7) is 1.20. The maximum atomic E-state index is 13.1. The lowest BCUT2D eigenvalue weighted by molar-refractivity contribution is -0.138. The number of carbonyl (C=O) groups is 2. The second-order valence-electron chi connectivity index (χ2n) is 7.19. The number of hydrogen-bond acceptors (Lipinski definition) is 4. The van der Waals surface area contributed by atoms with Gasteiger partial charge < -0.3 is 15.0 Å². The van der Waals surface area contributed by atoms with Gasteiger partial charge in [0.2, 0.25) is 5.91 Å². The lowest BCUT2D eigenvalue weighted by Crippen LogP contribution is -2.43. The van der Waals surface area contributed by atoms with E-state index in [1.807, 2.05) is 24.3 Å². The van der Waals surface area contributed by atoms with Crippen LogP contribution in [0.3, 0.4) is 0 Å². The van der Waals surface area contributed by atoms with Crippen molar-refractivity contribution in [3.63, 3.8) is 0 Å². The van der Waals surface area contributed by atoms with E-state index in [1.165, 1.54) is 12.1 Å². The van der Waals surface area contributed by atoms with Gasteiger partial charge in [0.15, 0.2) is 0 Å². The molecule has 0 unspecified atom stereocenters. The third-order valence-electron chi connectivity index (χ3n) is 5.23. The molecule has 2 heterocycles. The molecule has 1 N–H and O–H groups in total. The molecule has 7 heteroatoms. The number of benzene rings is 2. The minimum absolute atomic E-state index is 0.0535. The van der Waals surface area contributed by atoms with Crippen LogP contribution in [-0.2, 0) is 16.0 Å². The number of pyridine rings is 1. The van der Waals surface area contributed by atoms with E-state index in [2.05, 4.69) is 10.3 Å². The molecule has 1 saturated heterocycles. The number of halogens is 1. The van der Waals surface area contributed by atoms with Gasteiger partial charge in [-0.05, 0) is 29.8 Å². The molecule has 1 atom stereocenters. The molecule has 3 aromatic rings. The minimum atomic E-state index is -0.427. The number of aromatic nitrogens is 1. The molecule has 4 rings (SSSR count). The maximum Gasteiger partial charge on any atom is 0.251 e. The zero-order valence-corrected chi connectivity index (χ0v) is 16.6. The van der Waals surface area contributed by atoms with Crippen LogP contribution in [-0.4, -0.2) is 48.4 Å². The Morgan fingerprint density at radius 2 is 1.97 bits per heavy atom. The molecule has 0 saturated carbocycles. The molecule has 2 aromatic carbocycles. The van der Waals surface area contributed by atoms with E-state index in [-0.39, 0.29) is 24.1 Å². The van der Waals surface area contributed by atoms with E-state index in [0.717, 1.165) is 10.9 Å². The lowest BCUT2D eigenvalue weighted by Gasteiger charge is -2.33. The number of hydrogen-bond donors (Lipinski definition) is 1. The second kappa shape index (κ2) is 8.59. The number of fused-ring (bicyclic) bond motifs is 1. The SMILES string of the molecule is CNC(=O)c1cc([C@H]2CN(C(=O)Cc3ccc(F)cc3)CCO2)nc2ccccc12. The molecule has 30 heavy (non-hydrogen) atoms. The second-order valence-corrected chi connectivity index (χ2v) is 7.19. The zero-order chi connectivity index (χ0) is 21.1. The number of rotatable bonds is 4. The first-order valence-electron chi connectivity index (χ1n) is 9.80. The summed E-state index contributed by atoms with van der Waals surface area (Å²) in [4.78, 5) is 31.6. The van der Waals surface area contributed by atoms with E-state index >= 15 is 0 Å². The van der Waals surface area contributed by atoms with E-state index in [0.29, 0.717) is 36.5 Å². The predicted octanol–water partition coefficient (Wildman–Crippen LogP) is 2.88. The van der Waals surface area contributed by atoms with Crippen LogP contribution in [0.4, 0.5) is 4.39 Å². The third-order valence-corrected chi connectivity index (χ3v) is 5.23. The summed E-state index contributed by atoms with van der Waals surface area (Å²) in [5.41, 5.74) is 2.60. The third kappa shape index (κ3) is 4.16. The monoisotopic (exact) mass is 407 g/mol. The average Bonchev–Trinajstić information content (AvgIpc) is 2.79. The fraction of sp³-hybridized carbons (Fsp3) is 0.261. The van der Waals surface area contributed by atoms with Crippen molar-refractivity contribution in [2.45, 2.75) is 12.5 Å². The minimum Gasteiger partial charge on any atom is -0.368 e. The van der Waals surface area contributed by atoms with Gasteiger partial charge >= 0.3 is 0 Å². The van der Waals surface area contributed by atoms with Gasteiger partial charge in [-0.15, -0.1) is 0 Å². The summed E-state index contributed by atoms with van der Waals surface area (Å²) >= 11 is 0. The molecule has 1 aromatic heterocycles. The summed E-state index contributed by atoms with van der Waals surface area (Å²) in [7, 11) is 1.59. The van der Waals surface area contributed by atoms with E-state index in [1.54, 1.807) is 30.1 Å². The average molecular weight is 407 g/mol. The Morgan fingerprint density at radius 1 is 1.20 bits per heavy atom. The zero-order valence-electron chi connectivity index (χ0n) is 16.6. The van der Waals surface area contributed by atoms with Crippen LogP contribution in [0.5, 0.6) is 0 Å². The highest BCUT2D eigenvalue weighted by Crippen LogP contribution is 2.26. The van der Waals surface area contributed by atoms with Crippen molar-refractivity contribution < 1.29 is 18.7 Å². The van der Waals surface area contributed by atoms with Crippen molar-refractivity contribution >= 4 is 22.7 Å². The maximum absolute atomic E-state index is 13.1. The summed E-state index contributed by atoms with van der Waals surface area (Å²) in [6.07, 6.45) is -0.231. The number of morpholine rings is 1. The molecule has 0 spiro atoms. The van der Waals surface area contributed by atoms with Crippen molar-refractivity contribution in [2.24, 2.45) is 0 Å². The van der Waals surface area contributed by atoms with Gasteiger partial charge in [0, 0.05) is 19.0 Å². The first kappa shape index (κ1) is 20.0. The van der Waals surface area contributed by atoms with Crippen LogP contribution >= 0.6 is 0 Å². The van der Waals surface area contributed by atoms with E-state index in [9.17, 15) is 14.0 Å². The highest BCUT2D eigenvalue weighted by atomic mass is 19.1. The van der Waals surface area contributed by atoms with E-state index in [4.69, 9.17) is 4.74 Å². The molecule has 0 bridgehead atoms. The molecule has 0 radical (unpaired) electrons. The van der Waals surface area contributed by atoms with Crippen LogP contribution in [0, 0.1) is 5.82 Å². The molecular formula is C23H22FN3O3. The summed E-state index contributed by atoms with van der Waals surface area (Å²) in [5, 5.41) is 3.43. The van der Waals surface area contributed by atoms with Crippen LogP contribution in [0.2, 0.25) is 0 Å². The first-order chi connectivity index (χ1) is 14.5. The van der Waals surface area contributed by atoms with Crippen molar-refractivity contribution in [1.29, 1.82) is 0 Å². The van der Waals surface area contributed by atoms with Crippen molar-refractivity contribution in [2.75, 3.05) is 26.7 Å². The molecule has 0 aliphatic carbocycles. The molecule has 2 amide bonds. The molecule has 1 aliphatic rings. The molecule has 1 aliphatic heterocycles. The van der Waals surface area contributed by atoms with Crippen molar-refractivity contribution in [3.8, 4) is 0 Å². The van der Waals surface area contributed by atoms with Crippen LogP contribution in [0.15, 0.2) is 54.6 Å². The van der Waals surface area contributed by atoms with E-state index < -0.39 is 6.10 Å². The summed E-state index contributed by atoms with van der Waals surface area (Å²) in [5.74, 6) is -0.580. The van der Waals surface area contributed by atoms with Crippen LogP contribution in [0.1, 0.15) is 27.7 Å². The van der Waals surface area contributed by atoms with Gasteiger partial charge in [-0.3, -0.25) is 9.59 Å². The Labute approximate surface area is 173 Å². The Balaban J connectivity index is 1.57. The molecular weight excluding hydrogens is 385 g/mol. The van der Waals surface area contributed by atoms with Crippen LogP contribution in [0.25, 0.3) is 10.9 Å². The van der Waals surface area contributed by atoms with Gasteiger partial charge in [-0.2, -0.15) is 0 Å².